The fourth-order valence-electron chi connectivity index (χ4n) is 8.52. The van der Waals surface area contributed by atoms with Gasteiger partial charge in [0.2, 0.25) is 19.7 Å². The van der Waals surface area contributed by atoms with Gasteiger partial charge in [-0.25, -0.2) is 16.8 Å². The summed E-state index contributed by atoms with van der Waals surface area (Å²) in [5.41, 5.74) is 6.23. The van der Waals surface area contributed by atoms with E-state index in [1.807, 2.05) is 24.3 Å². The molecule has 2 aliphatic rings. The third kappa shape index (κ3) is 3.30. The average Bonchev–Trinajstić information content (AvgIpc) is 3.46. The van der Waals surface area contributed by atoms with E-state index in [-0.39, 0.29) is 20.6 Å². The van der Waals surface area contributed by atoms with Gasteiger partial charge in [-0.05, 0) is 80.3 Å². The number of fused-ring (bicyclic) bond motifs is 2. The van der Waals surface area contributed by atoms with Crippen molar-refractivity contribution in [1.29, 1.82) is 0 Å². The minimum Gasteiger partial charge on any atom is -0.302 e. The van der Waals surface area contributed by atoms with Crippen molar-refractivity contribution in [2.75, 3.05) is 0 Å². The number of aromatic nitrogens is 2. The average molecular weight is 679 g/mol. The fraction of sp³-hybridized carbons (Fsp3) is 0.400. The molecule has 0 saturated carbocycles. The number of hydrogen-bond donors (Lipinski definition) is 0. The Morgan fingerprint density at radius 1 is 0.396 bits per heavy atom. The van der Waals surface area contributed by atoms with Crippen LogP contribution in [0, 0.1) is 0 Å². The summed E-state index contributed by atoms with van der Waals surface area (Å²) in [5, 5.41) is 3.57. The Kier molecular flexibility index (Phi) is 5.10. The third-order valence-corrected chi connectivity index (χ3v) is 14.6. The Labute approximate surface area is 281 Å². The molecule has 0 N–H and O–H groups in total. The van der Waals surface area contributed by atoms with Crippen LogP contribution in [-0.2, 0) is 41.3 Å². The van der Waals surface area contributed by atoms with E-state index in [9.17, 15) is 0 Å². The van der Waals surface area contributed by atoms with Crippen molar-refractivity contribution < 1.29 is 16.8 Å². The Hall–Kier alpha value is -3.62. The lowest BCUT2D eigenvalue weighted by atomic mass is 9.82. The normalized spacial score (nSPS) is 17.4. The maximum absolute atomic E-state index is 15.1. The molecule has 6 nitrogen and oxygen atoms in total. The highest BCUT2D eigenvalue weighted by Crippen LogP contribution is 2.56. The molecule has 4 aromatic carbocycles. The second kappa shape index (κ2) is 8.05. The summed E-state index contributed by atoms with van der Waals surface area (Å²) in [4.78, 5) is 1.16. The number of nitrogens with zero attached hydrogens (tertiary/aromatic N) is 2. The molecule has 0 radical (unpaired) electrons. The van der Waals surface area contributed by atoms with Crippen molar-refractivity contribution in [1.82, 2.24) is 8.80 Å². The summed E-state index contributed by atoms with van der Waals surface area (Å²) >= 11 is 0. The van der Waals surface area contributed by atoms with Gasteiger partial charge in [0.05, 0.1) is 52.7 Å². The molecule has 48 heavy (non-hydrogen) atoms. The van der Waals surface area contributed by atoms with E-state index in [1.165, 1.54) is 0 Å². The lowest BCUT2D eigenvalue weighted by molar-refractivity contribution is 0.581. The maximum atomic E-state index is 15.1. The molecule has 9 rings (SSSR count). The smallest absolute Gasteiger partial charge is 0.210 e. The Morgan fingerprint density at radius 3 is 1.00 bits per heavy atom. The van der Waals surface area contributed by atoms with Gasteiger partial charge in [0.25, 0.3) is 0 Å². The summed E-state index contributed by atoms with van der Waals surface area (Å²) < 4.78 is 64.7. The highest BCUT2D eigenvalue weighted by molar-refractivity contribution is 7.92. The zero-order valence-electron chi connectivity index (χ0n) is 29.8. The van der Waals surface area contributed by atoms with E-state index in [4.69, 9.17) is 0 Å². The largest absolute Gasteiger partial charge is 0.302 e. The van der Waals surface area contributed by atoms with Gasteiger partial charge in [-0.15, -0.1) is 0 Å². The van der Waals surface area contributed by atoms with Gasteiger partial charge in [0.15, 0.2) is 0 Å². The molecule has 0 aliphatic carbocycles. The molecule has 8 heteroatoms. The summed E-state index contributed by atoms with van der Waals surface area (Å²) in [7, 11) is -7.96. The molecule has 5 heterocycles. The first-order valence-corrected chi connectivity index (χ1v) is 19.8. The SMILES string of the molecule is CC(C)(C)c1cc2c3c(c1)c1c(C(C)(C)C)cc4c5c1n3c1c(cc(C(C)(C)C)c3c6cc(C(C)(C)C)cc(c6n5c31)S4(=O)=O)S2(=O)=O. The molecule has 2 aliphatic heterocycles. The van der Waals surface area contributed by atoms with Crippen LogP contribution in [0.5, 0.6) is 0 Å². The van der Waals surface area contributed by atoms with E-state index in [0.717, 1.165) is 54.8 Å². The lowest BCUT2D eigenvalue weighted by Crippen LogP contribution is -2.20. The molecule has 0 unspecified atom stereocenters. The zero-order valence-corrected chi connectivity index (χ0v) is 31.4. The van der Waals surface area contributed by atoms with Crippen LogP contribution in [0.25, 0.3) is 54.6 Å². The fourth-order valence-corrected chi connectivity index (χ4v) is 11.9. The van der Waals surface area contributed by atoms with E-state index < -0.39 is 30.5 Å². The number of rotatable bonds is 0. The molecule has 0 spiro atoms. The molecule has 0 saturated heterocycles. The quantitative estimate of drug-likeness (QED) is 0.150. The highest BCUT2D eigenvalue weighted by atomic mass is 32.2. The third-order valence-electron chi connectivity index (χ3n) is 11.0. The lowest BCUT2D eigenvalue weighted by Gasteiger charge is -2.28. The molecular weight excluding hydrogens is 637 g/mol. The van der Waals surface area contributed by atoms with Crippen molar-refractivity contribution in [2.24, 2.45) is 0 Å². The van der Waals surface area contributed by atoms with Crippen molar-refractivity contribution in [3.8, 4) is 0 Å². The van der Waals surface area contributed by atoms with E-state index >= 15 is 16.8 Å². The van der Waals surface area contributed by atoms with Crippen LogP contribution in [0.15, 0.2) is 56.0 Å². The summed E-state index contributed by atoms with van der Waals surface area (Å²) in [6.45, 7) is 25.3. The molecule has 3 aromatic heterocycles. The van der Waals surface area contributed by atoms with Gasteiger partial charge >= 0.3 is 0 Å². The standard InChI is InChI=1S/C40H42N2O4S2/c1-37(2,3)19-13-21-29-23(39(7,8)9)17-28-34-35(29)41-31(21)25(15-19)47(43,44)27-18-24(40(10,11)12)30-22-14-20(38(4,5)6)16-26(48(28,45)46)32(22)42(34)36(30)33(27)41/h13-18H,1-12H3. The molecular formula is C40H42N2O4S2. The van der Waals surface area contributed by atoms with Crippen LogP contribution in [0.2, 0.25) is 0 Å². The number of hydrogen-bond acceptors (Lipinski definition) is 4. The summed E-state index contributed by atoms with van der Waals surface area (Å²) in [5.74, 6) is 0. The minimum atomic E-state index is -3.98. The van der Waals surface area contributed by atoms with Crippen molar-refractivity contribution in [3.05, 3.63) is 58.7 Å². The molecule has 7 aromatic rings. The first-order chi connectivity index (χ1) is 21.9. The Morgan fingerprint density at radius 2 is 0.708 bits per heavy atom. The van der Waals surface area contributed by atoms with Gasteiger partial charge in [-0.3, -0.25) is 0 Å². The van der Waals surface area contributed by atoms with Crippen molar-refractivity contribution >= 4 is 74.3 Å². The van der Waals surface area contributed by atoms with Gasteiger partial charge < -0.3 is 8.80 Å². The molecule has 0 bridgehead atoms. The molecule has 0 fully saturated rings. The van der Waals surface area contributed by atoms with Gasteiger partial charge in [0.1, 0.15) is 0 Å². The van der Waals surface area contributed by atoms with Crippen LogP contribution < -0.4 is 0 Å². The topological polar surface area (TPSA) is 77.1 Å². The van der Waals surface area contributed by atoms with Gasteiger partial charge in [0, 0.05) is 21.5 Å². The van der Waals surface area contributed by atoms with Crippen LogP contribution >= 0.6 is 0 Å². The second-order valence-corrected chi connectivity index (χ2v) is 22.2. The number of benzene rings is 4. The van der Waals surface area contributed by atoms with E-state index in [2.05, 4.69) is 104 Å². The summed E-state index contributed by atoms with van der Waals surface area (Å²) in [6, 6.07) is 11.8. The van der Waals surface area contributed by atoms with Gasteiger partial charge in [-0.2, -0.15) is 0 Å². The van der Waals surface area contributed by atoms with Crippen LogP contribution in [0.1, 0.15) is 105 Å². The highest BCUT2D eigenvalue weighted by Gasteiger charge is 2.43. The zero-order chi connectivity index (χ0) is 34.8. The Bertz CT molecular complexity index is 2730. The Balaban J connectivity index is 1.77. The minimum absolute atomic E-state index is 0.288. The molecule has 248 valence electrons. The van der Waals surface area contributed by atoms with Crippen molar-refractivity contribution in [2.45, 2.75) is 124 Å². The predicted octanol–water partition coefficient (Wildman–Crippen LogP) is 9.72. The van der Waals surface area contributed by atoms with Crippen LogP contribution in [0.3, 0.4) is 0 Å². The van der Waals surface area contributed by atoms with Crippen LogP contribution in [0.4, 0.5) is 0 Å². The van der Waals surface area contributed by atoms with Crippen LogP contribution in [-0.4, -0.2) is 25.6 Å². The van der Waals surface area contributed by atoms with Crippen molar-refractivity contribution in [3.63, 3.8) is 0 Å². The van der Waals surface area contributed by atoms with E-state index in [1.54, 1.807) is 0 Å². The molecule has 0 amide bonds. The first kappa shape index (κ1) is 30.4. The summed E-state index contributed by atoms with van der Waals surface area (Å²) in [6.07, 6.45) is 0. The second-order valence-electron chi connectivity index (χ2n) is 18.4. The monoisotopic (exact) mass is 678 g/mol. The van der Waals surface area contributed by atoms with E-state index in [0.29, 0.717) is 31.9 Å². The maximum Gasteiger partial charge on any atom is 0.210 e. The van der Waals surface area contributed by atoms with Gasteiger partial charge in [-0.1, -0.05) is 83.1 Å². The molecule has 0 atom stereocenters. The first-order valence-electron chi connectivity index (χ1n) is 16.8. The predicted molar refractivity (Wildman–Crippen MR) is 195 cm³/mol. The number of sulfone groups is 2.